The highest BCUT2D eigenvalue weighted by Gasteiger charge is 2.25. The summed E-state index contributed by atoms with van der Waals surface area (Å²) < 4.78 is 5.11. The molecule has 0 saturated carbocycles. The molecule has 1 amide bonds. The molecule has 104 valence electrons. The molecule has 4 heteroatoms. The molecule has 1 saturated heterocycles. The first-order valence-electron chi connectivity index (χ1n) is 6.78. The van der Waals surface area contributed by atoms with E-state index >= 15 is 0 Å². The number of hydrogen-bond donors (Lipinski definition) is 1. The van der Waals surface area contributed by atoms with Crippen molar-refractivity contribution in [1.29, 1.82) is 0 Å². The lowest BCUT2D eigenvalue weighted by atomic mass is 10.1. The van der Waals surface area contributed by atoms with Gasteiger partial charge in [-0.3, -0.25) is 4.79 Å². The van der Waals surface area contributed by atoms with E-state index in [0.717, 1.165) is 37.4 Å². The Bertz CT molecular complexity index is 417. The maximum Gasteiger partial charge on any atom is 0.226 e. The van der Waals surface area contributed by atoms with Gasteiger partial charge in [0, 0.05) is 13.1 Å². The average Bonchev–Trinajstić information content (AvgIpc) is 2.89. The standard InChI is InChI=1S/C15H22N2O2/c1-16-10-13-7-8-17(11-13)15(18)9-12-3-5-14(19-2)6-4-12/h3-6,13,16H,7-11H2,1-2H3/t13-/m1/s1. The molecule has 2 rings (SSSR count). The van der Waals surface area contributed by atoms with Gasteiger partial charge < -0.3 is 15.0 Å². The number of hydrogen-bond acceptors (Lipinski definition) is 3. The Hall–Kier alpha value is -1.55. The minimum Gasteiger partial charge on any atom is -0.497 e. The van der Waals surface area contributed by atoms with Gasteiger partial charge in [0.15, 0.2) is 0 Å². The fraction of sp³-hybridized carbons (Fsp3) is 0.533. The molecular formula is C15H22N2O2. The molecule has 0 radical (unpaired) electrons. The Morgan fingerprint density at radius 2 is 2.16 bits per heavy atom. The lowest BCUT2D eigenvalue weighted by Crippen LogP contribution is -2.31. The molecule has 1 atom stereocenters. The second-order valence-corrected chi connectivity index (χ2v) is 5.08. The maximum atomic E-state index is 12.2. The molecule has 0 aliphatic carbocycles. The number of likely N-dealkylation sites (tertiary alicyclic amines) is 1. The van der Waals surface area contributed by atoms with Crippen molar-refractivity contribution in [1.82, 2.24) is 10.2 Å². The van der Waals surface area contributed by atoms with E-state index in [1.807, 2.05) is 36.2 Å². The van der Waals surface area contributed by atoms with Crippen LogP contribution in [0.25, 0.3) is 0 Å². The van der Waals surface area contributed by atoms with Crippen LogP contribution in [-0.2, 0) is 11.2 Å². The molecule has 0 unspecified atom stereocenters. The Balaban J connectivity index is 1.87. The quantitative estimate of drug-likeness (QED) is 0.870. The molecule has 1 aromatic rings. The number of carbonyl (C=O) groups excluding carboxylic acids is 1. The number of benzene rings is 1. The highest BCUT2D eigenvalue weighted by molar-refractivity contribution is 5.79. The van der Waals surface area contributed by atoms with Gasteiger partial charge in [-0.15, -0.1) is 0 Å². The molecule has 19 heavy (non-hydrogen) atoms. The summed E-state index contributed by atoms with van der Waals surface area (Å²) in [7, 11) is 3.61. The van der Waals surface area contributed by atoms with Crippen molar-refractivity contribution in [3.63, 3.8) is 0 Å². The molecule has 1 aliphatic heterocycles. The molecule has 1 N–H and O–H groups in total. The highest BCUT2D eigenvalue weighted by atomic mass is 16.5. The van der Waals surface area contributed by atoms with Crippen LogP contribution in [0.2, 0.25) is 0 Å². The Labute approximate surface area is 114 Å². The zero-order valence-electron chi connectivity index (χ0n) is 11.7. The van der Waals surface area contributed by atoms with E-state index in [1.165, 1.54) is 0 Å². The normalized spacial score (nSPS) is 18.6. The monoisotopic (exact) mass is 262 g/mol. The summed E-state index contributed by atoms with van der Waals surface area (Å²) in [5.74, 6) is 1.65. The van der Waals surface area contributed by atoms with E-state index in [9.17, 15) is 4.79 Å². The van der Waals surface area contributed by atoms with Crippen molar-refractivity contribution in [3.8, 4) is 5.75 Å². The highest BCUT2D eigenvalue weighted by Crippen LogP contribution is 2.17. The van der Waals surface area contributed by atoms with Crippen LogP contribution in [0.3, 0.4) is 0 Å². The summed E-state index contributed by atoms with van der Waals surface area (Å²) in [5, 5.41) is 3.18. The van der Waals surface area contributed by atoms with E-state index in [1.54, 1.807) is 7.11 Å². The van der Waals surface area contributed by atoms with Crippen LogP contribution in [0, 0.1) is 5.92 Å². The first kappa shape index (κ1) is 13.9. The van der Waals surface area contributed by atoms with E-state index in [0.29, 0.717) is 12.3 Å². The topological polar surface area (TPSA) is 41.6 Å². The smallest absolute Gasteiger partial charge is 0.226 e. The molecule has 4 nitrogen and oxygen atoms in total. The third-order valence-corrected chi connectivity index (χ3v) is 3.65. The summed E-state index contributed by atoms with van der Waals surface area (Å²) >= 11 is 0. The van der Waals surface area contributed by atoms with E-state index in [4.69, 9.17) is 4.74 Å². The van der Waals surface area contributed by atoms with Crippen molar-refractivity contribution in [2.45, 2.75) is 12.8 Å². The maximum absolute atomic E-state index is 12.2. The molecule has 1 heterocycles. The van der Waals surface area contributed by atoms with Crippen LogP contribution in [0.5, 0.6) is 5.75 Å². The fourth-order valence-corrected chi connectivity index (χ4v) is 2.54. The second kappa shape index (κ2) is 6.57. The average molecular weight is 262 g/mol. The van der Waals surface area contributed by atoms with Crippen LogP contribution in [-0.4, -0.2) is 44.6 Å². The third-order valence-electron chi connectivity index (χ3n) is 3.65. The van der Waals surface area contributed by atoms with Crippen LogP contribution in [0.1, 0.15) is 12.0 Å². The molecule has 0 bridgehead atoms. The van der Waals surface area contributed by atoms with Gasteiger partial charge in [0.05, 0.1) is 13.5 Å². The minimum absolute atomic E-state index is 0.226. The van der Waals surface area contributed by atoms with E-state index < -0.39 is 0 Å². The van der Waals surface area contributed by atoms with Crippen molar-refractivity contribution in [2.24, 2.45) is 5.92 Å². The number of carbonyl (C=O) groups is 1. The predicted octanol–water partition coefficient (Wildman–Crippen LogP) is 1.31. The number of methoxy groups -OCH3 is 1. The largest absolute Gasteiger partial charge is 0.497 e. The van der Waals surface area contributed by atoms with Crippen molar-refractivity contribution < 1.29 is 9.53 Å². The van der Waals surface area contributed by atoms with Gasteiger partial charge in [0.1, 0.15) is 5.75 Å². The van der Waals surface area contributed by atoms with Gasteiger partial charge in [0.2, 0.25) is 5.91 Å². The lowest BCUT2D eigenvalue weighted by Gasteiger charge is -2.16. The SMILES string of the molecule is CNC[C@H]1CCN(C(=O)Cc2ccc(OC)cc2)C1. The summed E-state index contributed by atoms with van der Waals surface area (Å²) in [6.07, 6.45) is 1.59. The molecule has 1 aliphatic rings. The molecule has 0 aromatic heterocycles. The van der Waals surface area contributed by atoms with Crippen LogP contribution in [0.4, 0.5) is 0 Å². The molecule has 0 spiro atoms. The first-order valence-corrected chi connectivity index (χ1v) is 6.78. The lowest BCUT2D eigenvalue weighted by molar-refractivity contribution is -0.129. The van der Waals surface area contributed by atoms with Crippen LogP contribution < -0.4 is 10.1 Å². The van der Waals surface area contributed by atoms with Crippen LogP contribution in [0.15, 0.2) is 24.3 Å². The first-order chi connectivity index (χ1) is 9.22. The van der Waals surface area contributed by atoms with E-state index in [2.05, 4.69) is 5.32 Å². The Morgan fingerprint density at radius 1 is 1.42 bits per heavy atom. The van der Waals surface area contributed by atoms with Crippen molar-refractivity contribution >= 4 is 5.91 Å². The van der Waals surface area contributed by atoms with Gasteiger partial charge >= 0.3 is 0 Å². The van der Waals surface area contributed by atoms with Gasteiger partial charge in [-0.2, -0.15) is 0 Å². The number of nitrogens with zero attached hydrogens (tertiary/aromatic N) is 1. The number of nitrogens with one attached hydrogen (secondary N) is 1. The Kier molecular flexibility index (Phi) is 4.80. The van der Waals surface area contributed by atoms with Gasteiger partial charge in [0.25, 0.3) is 0 Å². The predicted molar refractivity (Wildman–Crippen MR) is 75.3 cm³/mol. The zero-order chi connectivity index (χ0) is 13.7. The fourth-order valence-electron chi connectivity index (χ4n) is 2.54. The van der Waals surface area contributed by atoms with Crippen molar-refractivity contribution in [2.75, 3.05) is 33.8 Å². The summed E-state index contributed by atoms with van der Waals surface area (Å²) in [5.41, 5.74) is 1.04. The number of ether oxygens (including phenoxy) is 1. The summed E-state index contributed by atoms with van der Waals surface area (Å²) in [6, 6.07) is 7.71. The summed E-state index contributed by atoms with van der Waals surface area (Å²) in [6.45, 7) is 2.77. The summed E-state index contributed by atoms with van der Waals surface area (Å²) in [4.78, 5) is 14.2. The molecular weight excluding hydrogens is 240 g/mol. The minimum atomic E-state index is 0.226. The molecule has 1 fully saturated rings. The van der Waals surface area contributed by atoms with Crippen molar-refractivity contribution in [3.05, 3.63) is 29.8 Å². The Morgan fingerprint density at radius 3 is 2.79 bits per heavy atom. The molecule has 1 aromatic carbocycles. The number of amides is 1. The second-order valence-electron chi connectivity index (χ2n) is 5.08. The van der Waals surface area contributed by atoms with Crippen LogP contribution >= 0.6 is 0 Å². The van der Waals surface area contributed by atoms with Gasteiger partial charge in [-0.1, -0.05) is 12.1 Å². The van der Waals surface area contributed by atoms with E-state index in [-0.39, 0.29) is 5.91 Å². The number of rotatable bonds is 5. The van der Waals surface area contributed by atoms with Gasteiger partial charge in [-0.05, 0) is 43.6 Å². The zero-order valence-corrected chi connectivity index (χ0v) is 11.7. The van der Waals surface area contributed by atoms with Gasteiger partial charge in [-0.25, -0.2) is 0 Å². The third kappa shape index (κ3) is 3.70.